The molecule has 0 bridgehead atoms. The zero-order chi connectivity index (χ0) is 15.3. The summed E-state index contributed by atoms with van der Waals surface area (Å²) in [7, 11) is -1.98. The Hall–Kier alpha value is -1.89. The van der Waals surface area contributed by atoms with Gasteiger partial charge in [0, 0.05) is 25.8 Å². The van der Waals surface area contributed by atoms with Crippen molar-refractivity contribution in [3.05, 3.63) is 65.7 Å². The number of rotatable bonds is 6. The highest BCUT2D eigenvalue weighted by molar-refractivity contribution is 7.87. The summed E-state index contributed by atoms with van der Waals surface area (Å²) in [6, 6.07) is 16.6. The molecule has 2 aromatic rings. The smallest absolute Gasteiger partial charge is 0.279 e. The number of hydrogen-bond donors (Lipinski definition) is 2. The molecule has 6 heteroatoms. The van der Waals surface area contributed by atoms with Crippen LogP contribution in [0.4, 0.5) is 5.69 Å². The second kappa shape index (κ2) is 6.71. The van der Waals surface area contributed by atoms with E-state index in [1.54, 1.807) is 25.2 Å². The van der Waals surface area contributed by atoms with E-state index in [2.05, 4.69) is 4.72 Å². The van der Waals surface area contributed by atoms with Crippen LogP contribution in [0.1, 0.15) is 11.1 Å². The van der Waals surface area contributed by atoms with E-state index in [1.807, 2.05) is 36.4 Å². The average Bonchev–Trinajstić information content (AvgIpc) is 2.46. The molecule has 0 saturated carbocycles. The Balaban J connectivity index is 1.98. The minimum absolute atomic E-state index is 0.215. The third kappa shape index (κ3) is 4.56. The lowest BCUT2D eigenvalue weighted by atomic mass is 10.2. The Bertz CT molecular complexity index is 687. The number of benzene rings is 2. The summed E-state index contributed by atoms with van der Waals surface area (Å²) in [4.78, 5) is 0. The van der Waals surface area contributed by atoms with Crippen LogP contribution < -0.4 is 10.5 Å². The highest BCUT2D eigenvalue weighted by Crippen LogP contribution is 2.09. The van der Waals surface area contributed by atoms with E-state index in [1.165, 1.54) is 4.31 Å². The largest absolute Gasteiger partial charge is 0.399 e. The highest BCUT2D eigenvalue weighted by Gasteiger charge is 2.17. The molecule has 2 aromatic carbocycles. The quantitative estimate of drug-likeness (QED) is 0.798. The van der Waals surface area contributed by atoms with Gasteiger partial charge in [-0.1, -0.05) is 42.5 Å². The van der Waals surface area contributed by atoms with E-state index in [-0.39, 0.29) is 6.54 Å². The van der Waals surface area contributed by atoms with Crippen LogP contribution in [0.25, 0.3) is 0 Å². The Labute approximate surface area is 125 Å². The lowest BCUT2D eigenvalue weighted by molar-refractivity contribution is 0.454. The lowest BCUT2D eigenvalue weighted by Crippen LogP contribution is -2.37. The van der Waals surface area contributed by atoms with Crippen LogP contribution >= 0.6 is 0 Å². The van der Waals surface area contributed by atoms with E-state index in [9.17, 15) is 8.42 Å². The molecule has 3 N–H and O–H groups in total. The van der Waals surface area contributed by atoms with Crippen LogP contribution in [-0.4, -0.2) is 19.8 Å². The predicted octanol–water partition coefficient (Wildman–Crippen LogP) is 1.74. The van der Waals surface area contributed by atoms with Gasteiger partial charge in [-0.25, -0.2) is 0 Å². The van der Waals surface area contributed by atoms with E-state index < -0.39 is 10.2 Å². The van der Waals surface area contributed by atoms with Gasteiger partial charge in [0.25, 0.3) is 10.2 Å². The van der Waals surface area contributed by atoms with Gasteiger partial charge in [0.15, 0.2) is 0 Å². The predicted molar refractivity (Wildman–Crippen MR) is 84.5 cm³/mol. The van der Waals surface area contributed by atoms with Crippen molar-refractivity contribution in [3.8, 4) is 0 Å². The van der Waals surface area contributed by atoms with Crippen molar-refractivity contribution in [2.75, 3.05) is 12.8 Å². The minimum Gasteiger partial charge on any atom is -0.399 e. The Morgan fingerprint density at radius 2 is 1.71 bits per heavy atom. The van der Waals surface area contributed by atoms with E-state index in [0.29, 0.717) is 12.2 Å². The second-order valence-electron chi connectivity index (χ2n) is 4.81. The van der Waals surface area contributed by atoms with E-state index in [4.69, 9.17) is 5.73 Å². The summed E-state index contributed by atoms with van der Waals surface area (Å²) in [5, 5.41) is 0. The van der Waals surface area contributed by atoms with E-state index >= 15 is 0 Å². The van der Waals surface area contributed by atoms with Crippen LogP contribution in [0, 0.1) is 0 Å². The normalized spacial score (nSPS) is 11.7. The lowest BCUT2D eigenvalue weighted by Gasteiger charge is -2.18. The van der Waals surface area contributed by atoms with Gasteiger partial charge in [0.2, 0.25) is 0 Å². The maximum atomic E-state index is 12.2. The third-order valence-corrected chi connectivity index (χ3v) is 4.53. The molecule has 0 atom stereocenters. The van der Waals surface area contributed by atoms with Gasteiger partial charge in [-0.15, -0.1) is 0 Å². The van der Waals surface area contributed by atoms with Crippen molar-refractivity contribution in [1.82, 2.24) is 9.03 Å². The van der Waals surface area contributed by atoms with Crippen LogP contribution in [0.3, 0.4) is 0 Å². The fourth-order valence-electron chi connectivity index (χ4n) is 1.91. The third-order valence-electron chi connectivity index (χ3n) is 3.07. The second-order valence-corrected chi connectivity index (χ2v) is 6.67. The minimum atomic E-state index is -3.53. The van der Waals surface area contributed by atoms with Crippen LogP contribution in [0.15, 0.2) is 54.6 Å². The van der Waals surface area contributed by atoms with Crippen LogP contribution in [-0.2, 0) is 23.3 Å². The summed E-state index contributed by atoms with van der Waals surface area (Å²) in [6.45, 7) is 0.541. The standard InChI is InChI=1S/C15H19N3O2S/c1-18(12-13-6-3-2-4-7-13)21(19,20)17-11-14-8-5-9-15(16)10-14/h2-10,17H,11-12,16H2,1H3. The zero-order valence-electron chi connectivity index (χ0n) is 11.9. The average molecular weight is 305 g/mol. The molecular formula is C15H19N3O2S. The van der Waals surface area contributed by atoms with Gasteiger partial charge in [0.1, 0.15) is 0 Å². The monoisotopic (exact) mass is 305 g/mol. The Kier molecular flexibility index (Phi) is 4.95. The topological polar surface area (TPSA) is 75.4 Å². The van der Waals surface area contributed by atoms with Crippen molar-refractivity contribution < 1.29 is 8.42 Å². The van der Waals surface area contributed by atoms with Crippen LogP contribution in [0.2, 0.25) is 0 Å². The molecule has 5 nitrogen and oxygen atoms in total. The summed E-state index contributed by atoms with van der Waals surface area (Å²) in [5.74, 6) is 0. The highest BCUT2D eigenvalue weighted by atomic mass is 32.2. The van der Waals surface area contributed by atoms with Crippen molar-refractivity contribution in [3.63, 3.8) is 0 Å². The molecular weight excluding hydrogens is 286 g/mol. The molecule has 0 amide bonds. The number of nitrogens with zero attached hydrogens (tertiary/aromatic N) is 1. The van der Waals surface area contributed by atoms with Gasteiger partial charge in [-0.2, -0.15) is 17.4 Å². The summed E-state index contributed by atoms with van der Waals surface area (Å²) in [6.07, 6.45) is 0. The molecule has 0 unspecified atom stereocenters. The molecule has 0 saturated heterocycles. The first-order chi connectivity index (χ1) is 9.97. The number of anilines is 1. The van der Waals surface area contributed by atoms with Crippen LogP contribution in [0.5, 0.6) is 0 Å². The molecule has 2 rings (SSSR count). The van der Waals surface area contributed by atoms with Gasteiger partial charge in [-0.3, -0.25) is 0 Å². The van der Waals surface area contributed by atoms with Gasteiger partial charge >= 0.3 is 0 Å². The fourth-order valence-corrected chi connectivity index (χ4v) is 2.80. The van der Waals surface area contributed by atoms with Gasteiger partial charge in [0.05, 0.1) is 0 Å². The molecule has 0 aromatic heterocycles. The molecule has 0 aliphatic rings. The van der Waals surface area contributed by atoms with Gasteiger partial charge < -0.3 is 5.73 Å². The van der Waals surface area contributed by atoms with Gasteiger partial charge in [-0.05, 0) is 23.3 Å². The van der Waals surface area contributed by atoms with Crippen molar-refractivity contribution in [2.24, 2.45) is 0 Å². The Morgan fingerprint density at radius 3 is 2.38 bits per heavy atom. The van der Waals surface area contributed by atoms with Crippen molar-refractivity contribution in [2.45, 2.75) is 13.1 Å². The number of hydrogen-bond acceptors (Lipinski definition) is 3. The molecule has 0 aliphatic carbocycles. The summed E-state index contributed by atoms with van der Waals surface area (Å²) in [5.41, 5.74) is 8.05. The molecule has 0 radical (unpaired) electrons. The molecule has 21 heavy (non-hydrogen) atoms. The SMILES string of the molecule is CN(Cc1ccccc1)S(=O)(=O)NCc1cccc(N)c1. The van der Waals surface area contributed by atoms with E-state index in [0.717, 1.165) is 11.1 Å². The fraction of sp³-hybridized carbons (Fsp3) is 0.200. The zero-order valence-corrected chi connectivity index (χ0v) is 12.7. The molecule has 112 valence electrons. The Morgan fingerprint density at radius 1 is 1.05 bits per heavy atom. The number of nitrogens with two attached hydrogens (primary N) is 1. The van der Waals surface area contributed by atoms with Crippen molar-refractivity contribution in [1.29, 1.82) is 0 Å². The molecule has 0 aliphatic heterocycles. The maximum Gasteiger partial charge on any atom is 0.279 e. The first-order valence-electron chi connectivity index (χ1n) is 6.56. The number of nitrogens with one attached hydrogen (secondary N) is 1. The first kappa shape index (κ1) is 15.5. The molecule has 0 spiro atoms. The molecule has 0 fully saturated rings. The summed E-state index contributed by atoms with van der Waals surface area (Å²) < 4.78 is 28.2. The summed E-state index contributed by atoms with van der Waals surface area (Å²) >= 11 is 0. The first-order valence-corrected chi connectivity index (χ1v) is 8.00. The maximum absolute atomic E-state index is 12.2. The van der Waals surface area contributed by atoms with Crippen molar-refractivity contribution >= 4 is 15.9 Å². The molecule has 0 heterocycles. The number of nitrogen functional groups attached to an aromatic ring is 1.